The summed E-state index contributed by atoms with van der Waals surface area (Å²) >= 11 is 0. The number of amides is 1. The van der Waals surface area contributed by atoms with Crippen molar-refractivity contribution in [1.82, 2.24) is 4.90 Å². The maximum absolute atomic E-state index is 12.0. The van der Waals surface area contributed by atoms with Gasteiger partial charge in [-0.15, -0.1) is 0 Å². The third kappa shape index (κ3) is 3.23. The molecule has 1 fully saturated rings. The molecular formula is C14H20N2O2. The molecule has 18 heavy (non-hydrogen) atoms. The zero-order chi connectivity index (χ0) is 13.0. The van der Waals surface area contributed by atoms with E-state index in [1.807, 2.05) is 37.3 Å². The summed E-state index contributed by atoms with van der Waals surface area (Å²) in [7, 11) is 0. The van der Waals surface area contributed by atoms with E-state index in [0.717, 1.165) is 18.4 Å². The molecule has 2 N–H and O–H groups in total. The Balaban J connectivity index is 1.87. The summed E-state index contributed by atoms with van der Waals surface area (Å²) in [5.41, 5.74) is 6.88. The highest BCUT2D eigenvalue weighted by Crippen LogP contribution is 2.17. The van der Waals surface area contributed by atoms with Gasteiger partial charge >= 0.3 is 6.09 Å². The molecule has 0 aliphatic carbocycles. The molecule has 1 aliphatic rings. The Kier molecular flexibility index (Phi) is 4.20. The lowest BCUT2D eigenvalue weighted by molar-refractivity contribution is 0.0680. The largest absolute Gasteiger partial charge is 0.445 e. The van der Waals surface area contributed by atoms with Crippen LogP contribution < -0.4 is 5.73 Å². The summed E-state index contributed by atoms with van der Waals surface area (Å²) < 4.78 is 5.32. The van der Waals surface area contributed by atoms with E-state index < -0.39 is 0 Å². The van der Waals surface area contributed by atoms with E-state index in [0.29, 0.717) is 13.2 Å². The van der Waals surface area contributed by atoms with Crippen LogP contribution in [0.4, 0.5) is 4.79 Å². The van der Waals surface area contributed by atoms with Crippen molar-refractivity contribution in [2.75, 3.05) is 6.54 Å². The Morgan fingerprint density at radius 2 is 2.11 bits per heavy atom. The molecule has 1 saturated heterocycles. The minimum absolute atomic E-state index is 0.0745. The van der Waals surface area contributed by atoms with Gasteiger partial charge in [-0.1, -0.05) is 30.3 Å². The molecule has 0 spiro atoms. The molecular weight excluding hydrogens is 228 g/mol. The number of hydrogen-bond donors (Lipinski definition) is 1. The summed E-state index contributed by atoms with van der Waals surface area (Å²) in [4.78, 5) is 13.7. The first-order valence-electron chi connectivity index (χ1n) is 6.39. The van der Waals surface area contributed by atoms with E-state index in [-0.39, 0.29) is 18.2 Å². The molecule has 0 bridgehead atoms. The highest BCUT2D eigenvalue weighted by molar-refractivity contribution is 5.68. The van der Waals surface area contributed by atoms with Gasteiger partial charge in [0.2, 0.25) is 0 Å². The third-order valence-electron chi connectivity index (χ3n) is 3.36. The van der Waals surface area contributed by atoms with Crippen molar-refractivity contribution in [2.45, 2.75) is 38.5 Å². The van der Waals surface area contributed by atoms with Gasteiger partial charge in [-0.3, -0.25) is 0 Å². The summed E-state index contributed by atoms with van der Waals surface area (Å²) in [6.45, 7) is 2.95. The molecule has 0 aromatic heterocycles. The van der Waals surface area contributed by atoms with Crippen LogP contribution in [0.1, 0.15) is 25.3 Å². The molecule has 1 aromatic carbocycles. The van der Waals surface area contributed by atoms with Gasteiger partial charge in [0.05, 0.1) is 0 Å². The van der Waals surface area contributed by atoms with Gasteiger partial charge in [0, 0.05) is 18.6 Å². The van der Waals surface area contributed by atoms with Gasteiger partial charge in [-0.2, -0.15) is 0 Å². The second-order valence-corrected chi connectivity index (χ2v) is 4.88. The lowest BCUT2D eigenvalue weighted by Crippen LogP contribution is -2.50. The molecule has 2 rings (SSSR count). The zero-order valence-electron chi connectivity index (χ0n) is 10.7. The average molecular weight is 248 g/mol. The fourth-order valence-corrected chi connectivity index (χ4v) is 2.19. The fourth-order valence-electron chi connectivity index (χ4n) is 2.19. The zero-order valence-corrected chi connectivity index (χ0v) is 10.7. The van der Waals surface area contributed by atoms with Gasteiger partial charge in [0.25, 0.3) is 0 Å². The number of nitrogens with zero attached hydrogens (tertiary/aromatic N) is 1. The standard InChI is InChI=1S/C14H20N2O2/c1-11-7-8-13(15)9-16(11)14(17)18-10-12-5-3-2-4-6-12/h2-6,11,13H,7-10,15H2,1H3/t11-,13?/m0/s1. The number of nitrogens with two attached hydrogens (primary N) is 1. The number of rotatable bonds is 2. The Morgan fingerprint density at radius 3 is 2.83 bits per heavy atom. The van der Waals surface area contributed by atoms with Gasteiger partial charge in [-0.05, 0) is 25.3 Å². The first-order chi connectivity index (χ1) is 8.66. The number of likely N-dealkylation sites (tertiary alicyclic amines) is 1. The van der Waals surface area contributed by atoms with Crippen LogP contribution in [-0.4, -0.2) is 29.6 Å². The van der Waals surface area contributed by atoms with Crippen molar-refractivity contribution >= 4 is 6.09 Å². The first-order valence-corrected chi connectivity index (χ1v) is 6.39. The van der Waals surface area contributed by atoms with Crippen LogP contribution in [-0.2, 0) is 11.3 Å². The molecule has 1 amide bonds. The Hall–Kier alpha value is -1.55. The third-order valence-corrected chi connectivity index (χ3v) is 3.36. The quantitative estimate of drug-likeness (QED) is 0.872. The topological polar surface area (TPSA) is 55.6 Å². The lowest BCUT2D eigenvalue weighted by Gasteiger charge is -2.35. The number of ether oxygens (including phenoxy) is 1. The van der Waals surface area contributed by atoms with Crippen LogP contribution in [0.2, 0.25) is 0 Å². The smallest absolute Gasteiger partial charge is 0.410 e. The number of carbonyl (C=O) groups is 1. The van der Waals surface area contributed by atoms with E-state index in [4.69, 9.17) is 10.5 Å². The Labute approximate surface area is 108 Å². The van der Waals surface area contributed by atoms with Crippen molar-refractivity contribution in [3.8, 4) is 0 Å². The van der Waals surface area contributed by atoms with Crippen LogP contribution >= 0.6 is 0 Å². The SMILES string of the molecule is C[C@H]1CCC(N)CN1C(=O)OCc1ccccc1. The predicted octanol–water partition coefficient (Wildman–Crippen LogP) is 2.13. The minimum atomic E-state index is -0.262. The highest BCUT2D eigenvalue weighted by Gasteiger charge is 2.28. The van der Waals surface area contributed by atoms with Crippen molar-refractivity contribution in [3.05, 3.63) is 35.9 Å². The van der Waals surface area contributed by atoms with E-state index in [1.165, 1.54) is 0 Å². The van der Waals surface area contributed by atoms with Crippen molar-refractivity contribution in [1.29, 1.82) is 0 Å². The highest BCUT2D eigenvalue weighted by atomic mass is 16.6. The summed E-state index contributed by atoms with van der Waals surface area (Å²) in [6, 6.07) is 9.98. The van der Waals surface area contributed by atoms with E-state index in [9.17, 15) is 4.79 Å². The van der Waals surface area contributed by atoms with Crippen LogP contribution in [0, 0.1) is 0 Å². The second-order valence-electron chi connectivity index (χ2n) is 4.88. The van der Waals surface area contributed by atoms with E-state index in [2.05, 4.69) is 0 Å². The van der Waals surface area contributed by atoms with E-state index in [1.54, 1.807) is 4.90 Å². The predicted molar refractivity (Wildman–Crippen MR) is 70.0 cm³/mol. The van der Waals surface area contributed by atoms with Crippen LogP contribution in [0.3, 0.4) is 0 Å². The molecule has 1 aromatic rings. The molecule has 1 aliphatic heterocycles. The summed E-state index contributed by atoms with van der Waals surface area (Å²) in [5, 5.41) is 0. The van der Waals surface area contributed by atoms with Crippen LogP contribution in [0.5, 0.6) is 0 Å². The normalized spacial score (nSPS) is 23.8. The van der Waals surface area contributed by atoms with Gasteiger partial charge in [-0.25, -0.2) is 4.79 Å². The minimum Gasteiger partial charge on any atom is -0.445 e. The van der Waals surface area contributed by atoms with Crippen molar-refractivity contribution in [2.24, 2.45) is 5.73 Å². The maximum atomic E-state index is 12.0. The van der Waals surface area contributed by atoms with Crippen molar-refractivity contribution in [3.63, 3.8) is 0 Å². The van der Waals surface area contributed by atoms with Crippen LogP contribution in [0.15, 0.2) is 30.3 Å². The molecule has 4 nitrogen and oxygen atoms in total. The number of piperidine rings is 1. The monoisotopic (exact) mass is 248 g/mol. The molecule has 98 valence electrons. The molecule has 4 heteroatoms. The molecule has 1 heterocycles. The Morgan fingerprint density at radius 1 is 1.39 bits per heavy atom. The Bertz CT molecular complexity index is 394. The fraction of sp³-hybridized carbons (Fsp3) is 0.500. The number of carbonyl (C=O) groups excluding carboxylic acids is 1. The molecule has 2 atom stereocenters. The first kappa shape index (κ1) is 12.9. The lowest BCUT2D eigenvalue weighted by atomic mass is 10.0. The average Bonchev–Trinajstić information content (AvgIpc) is 2.40. The molecule has 1 unspecified atom stereocenters. The summed E-state index contributed by atoms with van der Waals surface area (Å²) in [6.07, 6.45) is 1.66. The van der Waals surface area contributed by atoms with Gasteiger partial charge < -0.3 is 15.4 Å². The second kappa shape index (κ2) is 5.87. The van der Waals surface area contributed by atoms with Gasteiger partial charge in [0.15, 0.2) is 0 Å². The maximum Gasteiger partial charge on any atom is 0.410 e. The summed E-state index contributed by atoms with van der Waals surface area (Å²) in [5.74, 6) is 0. The molecule has 0 saturated carbocycles. The molecule has 0 radical (unpaired) electrons. The van der Waals surface area contributed by atoms with E-state index >= 15 is 0 Å². The van der Waals surface area contributed by atoms with Gasteiger partial charge in [0.1, 0.15) is 6.61 Å². The van der Waals surface area contributed by atoms with Crippen LogP contribution in [0.25, 0.3) is 0 Å². The number of hydrogen-bond acceptors (Lipinski definition) is 3. The van der Waals surface area contributed by atoms with Crippen molar-refractivity contribution < 1.29 is 9.53 Å². The number of benzene rings is 1.